The normalized spacial score (nSPS) is 14.2. The second kappa shape index (κ2) is 9.73. The van der Waals surface area contributed by atoms with Crippen LogP contribution in [0.15, 0.2) is 54.6 Å². The second-order valence-electron chi connectivity index (χ2n) is 6.86. The van der Waals surface area contributed by atoms with Gasteiger partial charge < -0.3 is 19.7 Å². The summed E-state index contributed by atoms with van der Waals surface area (Å²) in [5, 5.41) is 2.85. The summed E-state index contributed by atoms with van der Waals surface area (Å²) in [5.41, 5.74) is 1.88. The molecule has 29 heavy (non-hydrogen) atoms. The smallest absolute Gasteiger partial charge is 0.337 e. The number of carbonyl (C=O) groups is 3. The van der Waals surface area contributed by atoms with Crippen molar-refractivity contribution >= 4 is 23.7 Å². The molecule has 1 aliphatic rings. The van der Waals surface area contributed by atoms with Crippen LogP contribution in [0.25, 0.3) is 0 Å². The lowest BCUT2D eigenvalue weighted by Gasteiger charge is -2.31. The number of hydrogen-bond donors (Lipinski definition) is 1. The third-order valence-electron chi connectivity index (χ3n) is 4.87. The molecule has 0 bridgehead atoms. The number of ether oxygens (including phenoxy) is 2. The molecule has 7 heteroatoms. The Kier molecular flexibility index (Phi) is 6.84. The molecule has 1 aliphatic heterocycles. The Labute approximate surface area is 169 Å². The summed E-state index contributed by atoms with van der Waals surface area (Å²) in [7, 11) is 1.32. The molecule has 0 unspecified atom stereocenters. The van der Waals surface area contributed by atoms with E-state index in [1.807, 2.05) is 30.3 Å². The lowest BCUT2D eigenvalue weighted by molar-refractivity contribution is -0.151. The molecule has 0 spiro atoms. The van der Waals surface area contributed by atoms with E-state index >= 15 is 0 Å². The zero-order valence-corrected chi connectivity index (χ0v) is 16.3. The third kappa shape index (κ3) is 5.57. The van der Waals surface area contributed by atoms with Gasteiger partial charge in [0.1, 0.15) is 6.61 Å². The van der Waals surface area contributed by atoms with Crippen LogP contribution in [0.5, 0.6) is 0 Å². The summed E-state index contributed by atoms with van der Waals surface area (Å²) in [6.07, 6.45) is 1.12. The predicted octanol–water partition coefficient (Wildman–Crippen LogP) is 3.46. The standard InChI is InChI=1S/C22H24N2O5/c1-28-20(25)18-7-5-6-16(14-18)15-29-21(26)17-10-12-24(13-11-17)22(27)23-19-8-3-2-4-9-19/h2-9,14,17H,10-13,15H2,1H3,(H,23,27). The number of esters is 2. The summed E-state index contributed by atoms with van der Waals surface area (Å²) in [4.78, 5) is 38.0. The molecule has 152 valence electrons. The first-order valence-corrected chi connectivity index (χ1v) is 9.51. The fourth-order valence-corrected chi connectivity index (χ4v) is 3.22. The molecule has 2 aromatic carbocycles. The van der Waals surface area contributed by atoms with Crippen molar-refractivity contribution in [2.75, 3.05) is 25.5 Å². The van der Waals surface area contributed by atoms with Gasteiger partial charge in [-0.25, -0.2) is 9.59 Å². The van der Waals surface area contributed by atoms with E-state index in [0.717, 1.165) is 11.3 Å². The Morgan fingerprint density at radius 3 is 2.45 bits per heavy atom. The Morgan fingerprint density at radius 2 is 1.76 bits per heavy atom. The fourth-order valence-electron chi connectivity index (χ4n) is 3.22. The van der Waals surface area contributed by atoms with E-state index < -0.39 is 5.97 Å². The number of nitrogens with one attached hydrogen (secondary N) is 1. The van der Waals surface area contributed by atoms with E-state index in [0.29, 0.717) is 31.5 Å². The summed E-state index contributed by atoms with van der Waals surface area (Å²) >= 11 is 0. The van der Waals surface area contributed by atoms with Gasteiger partial charge in [-0.15, -0.1) is 0 Å². The Bertz CT molecular complexity index is 861. The van der Waals surface area contributed by atoms with Crippen molar-refractivity contribution in [2.45, 2.75) is 19.4 Å². The van der Waals surface area contributed by atoms with Gasteiger partial charge in [0.2, 0.25) is 0 Å². The van der Waals surface area contributed by atoms with Gasteiger partial charge in [0.05, 0.1) is 18.6 Å². The number of hydrogen-bond acceptors (Lipinski definition) is 5. The van der Waals surface area contributed by atoms with Crippen molar-refractivity contribution in [2.24, 2.45) is 5.92 Å². The summed E-state index contributed by atoms with van der Waals surface area (Å²) < 4.78 is 10.1. The van der Waals surface area contributed by atoms with Gasteiger partial charge in [0.15, 0.2) is 0 Å². The molecular formula is C22H24N2O5. The number of likely N-dealkylation sites (tertiary alicyclic amines) is 1. The van der Waals surface area contributed by atoms with E-state index in [4.69, 9.17) is 9.47 Å². The first kappa shape index (κ1) is 20.4. The van der Waals surface area contributed by atoms with Crippen LogP contribution in [0, 0.1) is 5.92 Å². The molecule has 1 fully saturated rings. The Balaban J connectivity index is 1.45. The van der Waals surface area contributed by atoms with Crippen molar-refractivity contribution in [1.29, 1.82) is 0 Å². The number of methoxy groups -OCH3 is 1. The number of amides is 2. The SMILES string of the molecule is COC(=O)c1cccc(COC(=O)C2CCN(C(=O)Nc3ccccc3)CC2)c1. The van der Waals surface area contributed by atoms with Gasteiger partial charge in [-0.3, -0.25) is 4.79 Å². The lowest BCUT2D eigenvalue weighted by Crippen LogP contribution is -2.42. The van der Waals surface area contributed by atoms with Gasteiger partial charge in [-0.05, 0) is 42.7 Å². The van der Waals surface area contributed by atoms with E-state index in [-0.39, 0.29) is 24.5 Å². The van der Waals surface area contributed by atoms with Gasteiger partial charge in [0.25, 0.3) is 0 Å². The van der Waals surface area contributed by atoms with Crippen molar-refractivity contribution in [3.8, 4) is 0 Å². The van der Waals surface area contributed by atoms with Crippen LogP contribution in [0.3, 0.4) is 0 Å². The highest BCUT2D eigenvalue weighted by Gasteiger charge is 2.28. The average molecular weight is 396 g/mol. The number of anilines is 1. The van der Waals surface area contributed by atoms with Crippen LogP contribution in [-0.4, -0.2) is 43.1 Å². The number of carbonyl (C=O) groups excluding carboxylic acids is 3. The second-order valence-corrected chi connectivity index (χ2v) is 6.86. The minimum absolute atomic E-state index is 0.0956. The summed E-state index contributed by atoms with van der Waals surface area (Å²) in [6, 6.07) is 15.9. The number of rotatable bonds is 5. The predicted molar refractivity (Wildman–Crippen MR) is 107 cm³/mol. The molecular weight excluding hydrogens is 372 g/mol. The van der Waals surface area contributed by atoms with Gasteiger partial charge in [-0.1, -0.05) is 30.3 Å². The zero-order valence-electron chi connectivity index (χ0n) is 16.3. The van der Waals surface area contributed by atoms with Crippen molar-refractivity contribution in [3.05, 3.63) is 65.7 Å². The molecule has 7 nitrogen and oxygen atoms in total. The van der Waals surface area contributed by atoms with Crippen LogP contribution in [0.4, 0.5) is 10.5 Å². The molecule has 2 aromatic rings. The maximum absolute atomic E-state index is 12.4. The van der Waals surface area contributed by atoms with Crippen LogP contribution in [0.1, 0.15) is 28.8 Å². The topological polar surface area (TPSA) is 84.9 Å². The molecule has 2 amide bonds. The van der Waals surface area contributed by atoms with Gasteiger partial charge in [0, 0.05) is 18.8 Å². The maximum Gasteiger partial charge on any atom is 0.337 e. The highest BCUT2D eigenvalue weighted by atomic mass is 16.5. The molecule has 1 saturated heterocycles. The van der Waals surface area contributed by atoms with Crippen LogP contribution in [0.2, 0.25) is 0 Å². The van der Waals surface area contributed by atoms with Crippen LogP contribution < -0.4 is 5.32 Å². The average Bonchev–Trinajstić information content (AvgIpc) is 2.78. The van der Waals surface area contributed by atoms with Crippen molar-refractivity contribution < 1.29 is 23.9 Å². The molecule has 0 atom stereocenters. The molecule has 1 heterocycles. The van der Waals surface area contributed by atoms with Gasteiger partial charge >= 0.3 is 18.0 Å². The minimum atomic E-state index is -0.431. The quantitative estimate of drug-likeness (QED) is 0.783. The van der Waals surface area contributed by atoms with E-state index in [2.05, 4.69) is 5.32 Å². The Hall–Kier alpha value is -3.35. The highest BCUT2D eigenvalue weighted by molar-refractivity contribution is 5.90. The number of piperidine rings is 1. The monoisotopic (exact) mass is 396 g/mol. The van der Waals surface area contributed by atoms with Crippen molar-refractivity contribution in [1.82, 2.24) is 4.90 Å². The molecule has 3 rings (SSSR count). The summed E-state index contributed by atoms with van der Waals surface area (Å²) in [5.74, 6) is -0.949. The molecule has 0 radical (unpaired) electrons. The lowest BCUT2D eigenvalue weighted by atomic mass is 9.97. The van der Waals surface area contributed by atoms with Crippen LogP contribution in [-0.2, 0) is 20.9 Å². The van der Waals surface area contributed by atoms with E-state index in [9.17, 15) is 14.4 Å². The fraction of sp³-hybridized carbons (Fsp3) is 0.318. The largest absolute Gasteiger partial charge is 0.465 e. The first-order chi connectivity index (χ1) is 14.1. The van der Waals surface area contributed by atoms with E-state index in [1.54, 1.807) is 29.2 Å². The molecule has 0 saturated carbocycles. The number of benzene rings is 2. The Morgan fingerprint density at radius 1 is 1.03 bits per heavy atom. The molecule has 1 N–H and O–H groups in total. The third-order valence-corrected chi connectivity index (χ3v) is 4.87. The number of urea groups is 1. The highest BCUT2D eigenvalue weighted by Crippen LogP contribution is 2.20. The molecule has 0 aliphatic carbocycles. The van der Waals surface area contributed by atoms with E-state index in [1.165, 1.54) is 7.11 Å². The number of nitrogens with zero attached hydrogens (tertiary/aromatic N) is 1. The first-order valence-electron chi connectivity index (χ1n) is 9.51. The summed E-state index contributed by atoms with van der Waals surface area (Å²) in [6.45, 7) is 1.09. The van der Waals surface area contributed by atoms with Gasteiger partial charge in [-0.2, -0.15) is 0 Å². The zero-order chi connectivity index (χ0) is 20.6. The maximum atomic E-state index is 12.4. The molecule has 0 aromatic heterocycles. The minimum Gasteiger partial charge on any atom is -0.465 e. The van der Waals surface area contributed by atoms with Crippen molar-refractivity contribution in [3.63, 3.8) is 0 Å². The van der Waals surface area contributed by atoms with Crippen LogP contribution >= 0.6 is 0 Å². The number of para-hydroxylation sites is 1.